The van der Waals surface area contributed by atoms with Gasteiger partial charge >= 0.3 is 0 Å². The first-order chi connectivity index (χ1) is 16.3. The number of ether oxygens (including phenoxy) is 1. The number of amides is 1. The molecule has 2 N–H and O–H groups in total. The number of hydrogen-bond acceptors (Lipinski definition) is 4. The Bertz CT molecular complexity index is 812. The Kier molecular flexibility index (Phi) is 9.16. The van der Waals surface area contributed by atoms with Crippen LogP contribution in [0.5, 0.6) is 0 Å². The minimum atomic E-state index is -0.804. The number of nitrogens with one attached hydrogen (secondary N) is 2. The Morgan fingerprint density at radius 1 is 1.18 bits per heavy atom. The highest BCUT2D eigenvalue weighted by Gasteiger charge is 2.41. The van der Waals surface area contributed by atoms with Crippen LogP contribution >= 0.6 is 23.2 Å². The van der Waals surface area contributed by atoms with Crippen LogP contribution in [0, 0.1) is 24.7 Å². The summed E-state index contributed by atoms with van der Waals surface area (Å²) in [4.78, 5) is 17.6. The van der Waals surface area contributed by atoms with E-state index in [1.54, 1.807) is 7.11 Å². The monoisotopic (exact) mass is 516 g/mol. The van der Waals surface area contributed by atoms with Crippen molar-refractivity contribution in [3.8, 4) is 0 Å². The number of piperidine rings is 1. The van der Waals surface area contributed by atoms with E-state index in [-0.39, 0.29) is 40.8 Å². The van der Waals surface area contributed by atoms with Crippen molar-refractivity contribution in [3.63, 3.8) is 0 Å². The number of carbonyl (C=O) groups is 1. The van der Waals surface area contributed by atoms with Crippen LogP contribution in [0.15, 0.2) is 12.4 Å². The third-order valence-electron chi connectivity index (χ3n) is 8.23. The Labute approximate surface area is 212 Å². The summed E-state index contributed by atoms with van der Waals surface area (Å²) >= 11 is 12.6. The SMILES string of the molecule is COC1CC(F)CCC1C1CC(Cn2ccnc2C)CC(C(=O)NCC2CCC(Cl)C(Cl)C2)N1. The van der Waals surface area contributed by atoms with E-state index in [0.29, 0.717) is 31.2 Å². The van der Waals surface area contributed by atoms with E-state index in [4.69, 9.17) is 27.9 Å². The van der Waals surface area contributed by atoms with Gasteiger partial charge in [0.05, 0.1) is 17.5 Å². The normalized spacial score (nSPS) is 39.0. The molecule has 2 aliphatic carbocycles. The molecule has 1 aromatic heterocycles. The van der Waals surface area contributed by atoms with Gasteiger partial charge in [0.25, 0.3) is 0 Å². The maximum atomic E-state index is 14.1. The van der Waals surface area contributed by atoms with E-state index in [9.17, 15) is 9.18 Å². The van der Waals surface area contributed by atoms with Crippen molar-refractivity contribution in [2.45, 2.75) is 99.9 Å². The fourth-order valence-electron chi connectivity index (χ4n) is 6.24. The van der Waals surface area contributed by atoms with Crippen LogP contribution < -0.4 is 10.6 Å². The van der Waals surface area contributed by atoms with Crippen molar-refractivity contribution in [2.24, 2.45) is 17.8 Å². The number of hydrogen-bond donors (Lipinski definition) is 2. The summed E-state index contributed by atoms with van der Waals surface area (Å²) in [6.45, 7) is 3.47. The van der Waals surface area contributed by atoms with E-state index in [1.165, 1.54) is 0 Å². The summed E-state index contributed by atoms with van der Waals surface area (Å²) in [6.07, 6.45) is 9.10. The topological polar surface area (TPSA) is 68.2 Å². The number of methoxy groups -OCH3 is 1. The van der Waals surface area contributed by atoms with Gasteiger partial charge in [0.15, 0.2) is 0 Å². The molecule has 34 heavy (non-hydrogen) atoms. The predicted molar refractivity (Wildman–Crippen MR) is 133 cm³/mol. The van der Waals surface area contributed by atoms with Crippen LogP contribution in [0.1, 0.15) is 57.2 Å². The first-order valence-corrected chi connectivity index (χ1v) is 13.7. The average molecular weight is 518 g/mol. The molecule has 3 fully saturated rings. The minimum absolute atomic E-state index is 0.0231. The molecule has 3 aliphatic rings. The smallest absolute Gasteiger partial charge is 0.237 e. The van der Waals surface area contributed by atoms with Gasteiger partial charge in [-0.2, -0.15) is 0 Å². The van der Waals surface area contributed by atoms with Gasteiger partial charge in [-0.1, -0.05) is 0 Å². The van der Waals surface area contributed by atoms with E-state index >= 15 is 0 Å². The molecule has 1 saturated heterocycles. The average Bonchev–Trinajstić information content (AvgIpc) is 3.23. The minimum Gasteiger partial charge on any atom is -0.381 e. The second kappa shape index (κ2) is 11.9. The first-order valence-electron chi connectivity index (χ1n) is 12.8. The zero-order valence-corrected chi connectivity index (χ0v) is 21.8. The molecule has 4 rings (SSSR count). The van der Waals surface area contributed by atoms with Gasteiger partial charge in [-0.05, 0) is 63.7 Å². The van der Waals surface area contributed by atoms with Crippen molar-refractivity contribution < 1.29 is 13.9 Å². The molecule has 0 radical (unpaired) electrons. The molecule has 9 atom stereocenters. The third kappa shape index (κ3) is 6.45. The quantitative estimate of drug-likeness (QED) is 0.532. The standard InChI is InChI=1S/C25H39Cl2FN4O2/c1-15-29-7-8-32(15)14-17-10-22(19-5-4-18(28)12-24(19)34-2)31-23(11-17)25(33)30-13-16-3-6-20(26)21(27)9-16/h7-8,16-24,31H,3-6,9-14H2,1-2H3,(H,30,33). The van der Waals surface area contributed by atoms with Crippen molar-refractivity contribution in [1.82, 2.24) is 20.2 Å². The van der Waals surface area contributed by atoms with Gasteiger partial charge in [-0.15, -0.1) is 23.2 Å². The molecule has 2 heterocycles. The van der Waals surface area contributed by atoms with Crippen LogP contribution in [-0.2, 0) is 16.1 Å². The molecule has 1 amide bonds. The lowest BCUT2D eigenvalue weighted by atomic mass is 9.74. The number of carbonyl (C=O) groups excluding carboxylic acids is 1. The Balaban J connectivity index is 1.42. The molecule has 9 heteroatoms. The highest BCUT2D eigenvalue weighted by molar-refractivity contribution is 6.30. The highest BCUT2D eigenvalue weighted by atomic mass is 35.5. The van der Waals surface area contributed by atoms with E-state index < -0.39 is 6.17 Å². The second-order valence-corrected chi connectivity index (χ2v) is 11.7. The van der Waals surface area contributed by atoms with E-state index in [1.807, 2.05) is 19.3 Å². The Morgan fingerprint density at radius 3 is 2.71 bits per heavy atom. The Hall–Kier alpha value is -0.890. The van der Waals surface area contributed by atoms with Crippen LogP contribution in [0.4, 0.5) is 4.39 Å². The van der Waals surface area contributed by atoms with Crippen molar-refractivity contribution in [1.29, 1.82) is 0 Å². The van der Waals surface area contributed by atoms with Gasteiger partial charge in [-0.3, -0.25) is 4.79 Å². The molecular weight excluding hydrogens is 478 g/mol. The molecule has 9 unspecified atom stereocenters. The van der Waals surface area contributed by atoms with Crippen LogP contribution in [0.25, 0.3) is 0 Å². The number of halogens is 3. The first kappa shape index (κ1) is 26.2. The molecule has 6 nitrogen and oxygen atoms in total. The van der Waals surface area contributed by atoms with Gasteiger partial charge in [0.1, 0.15) is 12.0 Å². The lowest BCUT2D eigenvalue weighted by molar-refractivity contribution is -0.125. The second-order valence-electron chi connectivity index (χ2n) is 10.6. The van der Waals surface area contributed by atoms with Crippen LogP contribution in [0.3, 0.4) is 0 Å². The van der Waals surface area contributed by atoms with Crippen molar-refractivity contribution >= 4 is 29.1 Å². The highest BCUT2D eigenvalue weighted by Crippen LogP contribution is 2.36. The van der Waals surface area contributed by atoms with Gasteiger partial charge < -0.3 is 19.9 Å². The van der Waals surface area contributed by atoms with Gasteiger partial charge in [0.2, 0.25) is 5.91 Å². The molecule has 0 spiro atoms. The molecule has 1 aromatic rings. The molecular formula is C25H39Cl2FN4O2. The largest absolute Gasteiger partial charge is 0.381 e. The molecule has 0 aromatic carbocycles. The zero-order chi connectivity index (χ0) is 24.2. The fraction of sp³-hybridized carbons (Fsp3) is 0.840. The van der Waals surface area contributed by atoms with Crippen LogP contribution in [-0.4, -0.2) is 64.2 Å². The van der Waals surface area contributed by atoms with Crippen molar-refractivity contribution in [3.05, 3.63) is 18.2 Å². The fourth-order valence-corrected chi connectivity index (χ4v) is 6.84. The summed E-state index contributed by atoms with van der Waals surface area (Å²) in [6, 6.07) is -0.154. The molecule has 0 bridgehead atoms. The number of aryl methyl sites for hydroxylation is 1. The lowest BCUT2D eigenvalue weighted by Gasteiger charge is -2.44. The predicted octanol–water partition coefficient (Wildman–Crippen LogP) is 4.21. The summed E-state index contributed by atoms with van der Waals surface area (Å²) < 4.78 is 22.0. The Morgan fingerprint density at radius 2 is 2.00 bits per heavy atom. The summed E-state index contributed by atoms with van der Waals surface area (Å²) in [7, 11) is 1.68. The molecule has 2 saturated carbocycles. The summed E-state index contributed by atoms with van der Waals surface area (Å²) in [5, 5.41) is 6.82. The van der Waals surface area contributed by atoms with Crippen molar-refractivity contribution in [2.75, 3.05) is 13.7 Å². The number of imidazole rings is 1. The molecule has 192 valence electrons. The third-order valence-corrected chi connectivity index (χ3v) is 9.37. The summed E-state index contributed by atoms with van der Waals surface area (Å²) in [5.41, 5.74) is 0. The van der Waals surface area contributed by atoms with Gasteiger partial charge in [-0.25, -0.2) is 9.37 Å². The maximum Gasteiger partial charge on any atom is 0.237 e. The number of aromatic nitrogens is 2. The number of rotatable bonds is 7. The number of alkyl halides is 3. The lowest BCUT2D eigenvalue weighted by Crippen LogP contribution is -2.58. The van der Waals surface area contributed by atoms with Crippen LogP contribution in [0.2, 0.25) is 0 Å². The van der Waals surface area contributed by atoms with E-state index in [0.717, 1.165) is 50.9 Å². The molecule has 1 aliphatic heterocycles. The number of nitrogens with zero attached hydrogens (tertiary/aromatic N) is 2. The maximum absolute atomic E-state index is 14.1. The van der Waals surface area contributed by atoms with E-state index in [2.05, 4.69) is 20.2 Å². The van der Waals surface area contributed by atoms with Gasteiger partial charge in [0, 0.05) is 56.4 Å². The summed E-state index contributed by atoms with van der Waals surface area (Å²) in [5.74, 6) is 1.92. The zero-order valence-electron chi connectivity index (χ0n) is 20.3.